The van der Waals surface area contributed by atoms with E-state index in [1.807, 2.05) is 0 Å². The van der Waals surface area contributed by atoms with Crippen LogP contribution in [0.15, 0.2) is 0 Å². The molecular formula is C17H29NO3. The highest BCUT2D eigenvalue weighted by Crippen LogP contribution is 2.39. The Kier molecular flexibility index (Phi) is 5.65. The molecule has 0 aliphatic heterocycles. The van der Waals surface area contributed by atoms with E-state index in [4.69, 9.17) is 0 Å². The zero-order valence-electron chi connectivity index (χ0n) is 13.3. The van der Waals surface area contributed by atoms with Gasteiger partial charge in [-0.15, -0.1) is 0 Å². The van der Waals surface area contributed by atoms with E-state index >= 15 is 0 Å². The minimum atomic E-state index is -0.805. The van der Waals surface area contributed by atoms with Crippen molar-refractivity contribution >= 4 is 11.9 Å². The van der Waals surface area contributed by atoms with Crippen LogP contribution in [0.5, 0.6) is 0 Å². The van der Waals surface area contributed by atoms with E-state index in [1.165, 1.54) is 19.3 Å². The second-order valence-electron chi connectivity index (χ2n) is 6.93. The molecule has 0 heterocycles. The topological polar surface area (TPSA) is 66.4 Å². The van der Waals surface area contributed by atoms with Crippen LogP contribution < -0.4 is 5.32 Å². The van der Waals surface area contributed by atoms with Crippen LogP contribution in [0, 0.1) is 23.7 Å². The quantitative estimate of drug-likeness (QED) is 0.818. The fraction of sp³-hybridized carbons (Fsp3) is 0.882. The summed E-state index contributed by atoms with van der Waals surface area (Å²) >= 11 is 0. The van der Waals surface area contributed by atoms with E-state index in [1.54, 1.807) is 0 Å². The first-order chi connectivity index (χ1) is 10.0. The highest BCUT2D eigenvalue weighted by atomic mass is 16.4. The van der Waals surface area contributed by atoms with E-state index in [9.17, 15) is 14.7 Å². The molecular weight excluding hydrogens is 266 g/mol. The average molecular weight is 295 g/mol. The van der Waals surface area contributed by atoms with E-state index < -0.39 is 11.9 Å². The molecule has 2 aliphatic carbocycles. The Bertz CT molecular complexity index is 374. The molecule has 0 saturated heterocycles. The Hall–Kier alpha value is -1.06. The van der Waals surface area contributed by atoms with Gasteiger partial charge in [-0.2, -0.15) is 0 Å². The molecule has 0 aromatic rings. The monoisotopic (exact) mass is 295 g/mol. The van der Waals surface area contributed by atoms with Crippen LogP contribution in [0.25, 0.3) is 0 Å². The summed E-state index contributed by atoms with van der Waals surface area (Å²) in [5.41, 5.74) is 0. The van der Waals surface area contributed by atoms with Gasteiger partial charge in [-0.05, 0) is 50.4 Å². The minimum absolute atomic E-state index is 0.0155. The van der Waals surface area contributed by atoms with Crippen molar-refractivity contribution in [2.24, 2.45) is 23.7 Å². The fourth-order valence-electron chi connectivity index (χ4n) is 4.06. The van der Waals surface area contributed by atoms with Crippen molar-refractivity contribution in [2.45, 2.75) is 71.3 Å². The van der Waals surface area contributed by atoms with Crippen LogP contribution >= 0.6 is 0 Å². The SMILES string of the molecule is CCC1CCC(NC(=O)[C@H]2CC(CC)C[C@H]2C(=O)O)CC1. The van der Waals surface area contributed by atoms with Gasteiger partial charge >= 0.3 is 5.97 Å². The summed E-state index contributed by atoms with van der Waals surface area (Å²) in [5.74, 6) is -0.434. The van der Waals surface area contributed by atoms with Crippen LogP contribution in [-0.2, 0) is 9.59 Å². The van der Waals surface area contributed by atoms with Gasteiger partial charge in [0.1, 0.15) is 0 Å². The molecule has 0 radical (unpaired) electrons. The Labute approximate surface area is 127 Å². The molecule has 2 saturated carbocycles. The predicted octanol–water partition coefficient (Wildman–Crippen LogP) is 3.21. The van der Waals surface area contributed by atoms with Crippen LogP contribution in [-0.4, -0.2) is 23.0 Å². The highest BCUT2D eigenvalue weighted by Gasteiger charge is 2.42. The summed E-state index contributed by atoms with van der Waals surface area (Å²) in [6.07, 6.45) is 8.06. The summed E-state index contributed by atoms with van der Waals surface area (Å²) < 4.78 is 0. The number of nitrogens with one attached hydrogen (secondary N) is 1. The van der Waals surface area contributed by atoms with Gasteiger partial charge in [0.25, 0.3) is 0 Å². The van der Waals surface area contributed by atoms with Crippen molar-refractivity contribution in [3.05, 3.63) is 0 Å². The molecule has 4 heteroatoms. The normalized spacial score (nSPS) is 36.4. The van der Waals surface area contributed by atoms with Crippen molar-refractivity contribution < 1.29 is 14.7 Å². The largest absolute Gasteiger partial charge is 0.481 e. The first-order valence-corrected chi connectivity index (χ1v) is 8.58. The second kappa shape index (κ2) is 7.28. The maximum Gasteiger partial charge on any atom is 0.307 e. The number of hydrogen-bond acceptors (Lipinski definition) is 2. The van der Waals surface area contributed by atoms with Gasteiger partial charge in [-0.25, -0.2) is 0 Å². The maximum atomic E-state index is 12.5. The van der Waals surface area contributed by atoms with E-state index in [2.05, 4.69) is 19.2 Å². The van der Waals surface area contributed by atoms with Crippen molar-refractivity contribution in [3.8, 4) is 0 Å². The van der Waals surface area contributed by atoms with E-state index in [-0.39, 0.29) is 17.9 Å². The Morgan fingerprint density at radius 1 is 0.952 bits per heavy atom. The molecule has 0 aromatic carbocycles. The fourth-order valence-corrected chi connectivity index (χ4v) is 4.06. The molecule has 0 bridgehead atoms. The lowest BCUT2D eigenvalue weighted by atomic mass is 9.84. The van der Waals surface area contributed by atoms with Crippen LogP contribution in [0.3, 0.4) is 0 Å². The molecule has 2 rings (SSSR count). The van der Waals surface area contributed by atoms with Crippen molar-refractivity contribution in [2.75, 3.05) is 0 Å². The molecule has 1 amide bonds. The molecule has 2 aliphatic rings. The second-order valence-corrected chi connectivity index (χ2v) is 6.93. The molecule has 4 nitrogen and oxygen atoms in total. The van der Waals surface area contributed by atoms with Crippen LogP contribution in [0.4, 0.5) is 0 Å². The van der Waals surface area contributed by atoms with Gasteiger partial charge in [0.15, 0.2) is 0 Å². The molecule has 3 atom stereocenters. The molecule has 1 unspecified atom stereocenters. The molecule has 120 valence electrons. The first kappa shape index (κ1) is 16.3. The number of hydrogen-bond donors (Lipinski definition) is 2. The van der Waals surface area contributed by atoms with E-state index in [0.717, 1.165) is 31.6 Å². The van der Waals surface area contributed by atoms with Crippen molar-refractivity contribution in [1.82, 2.24) is 5.32 Å². The summed E-state index contributed by atoms with van der Waals surface area (Å²) in [6.45, 7) is 4.31. The lowest BCUT2D eigenvalue weighted by molar-refractivity contribution is -0.146. The zero-order chi connectivity index (χ0) is 15.4. The third-order valence-corrected chi connectivity index (χ3v) is 5.66. The van der Waals surface area contributed by atoms with Crippen LogP contribution in [0.2, 0.25) is 0 Å². The van der Waals surface area contributed by atoms with Gasteiger partial charge in [-0.1, -0.05) is 26.7 Å². The summed E-state index contributed by atoms with van der Waals surface area (Å²) in [5, 5.41) is 12.5. The number of carbonyl (C=O) groups is 2. The molecule has 21 heavy (non-hydrogen) atoms. The maximum absolute atomic E-state index is 12.5. The molecule has 0 aromatic heterocycles. The lowest BCUT2D eigenvalue weighted by Crippen LogP contribution is -2.42. The Balaban J connectivity index is 1.88. The number of rotatable bonds is 5. The highest BCUT2D eigenvalue weighted by molar-refractivity contribution is 5.85. The number of carboxylic acid groups (broad SMARTS) is 1. The molecule has 2 fully saturated rings. The van der Waals surface area contributed by atoms with Gasteiger partial charge in [0, 0.05) is 6.04 Å². The number of amides is 1. The molecule has 0 spiro atoms. The smallest absolute Gasteiger partial charge is 0.307 e. The van der Waals surface area contributed by atoms with Gasteiger partial charge in [0.2, 0.25) is 5.91 Å². The van der Waals surface area contributed by atoms with Gasteiger partial charge in [-0.3, -0.25) is 9.59 Å². The van der Waals surface area contributed by atoms with Gasteiger partial charge < -0.3 is 10.4 Å². The summed E-state index contributed by atoms with van der Waals surface area (Å²) in [7, 11) is 0. The Morgan fingerprint density at radius 3 is 2.05 bits per heavy atom. The molecule has 2 N–H and O–H groups in total. The third kappa shape index (κ3) is 3.98. The predicted molar refractivity (Wildman–Crippen MR) is 81.8 cm³/mol. The van der Waals surface area contributed by atoms with Crippen molar-refractivity contribution in [1.29, 1.82) is 0 Å². The lowest BCUT2D eigenvalue weighted by Gasteiger charge is -2.29. The van der Waals surface area contributed by atoms with Gasteiger partial charge in [0.05, 0.1) is 11.8 Å². The number of aliphatic carboxylic acids is 1. The summed E-state index contributed by atoms with van der Waals surface area (Å²) in [4.78, 5) is 23.8. The number of carboxylic acids is 1. The van der Waals surface area contributed by atoms with E-state index in [0.29, 0.717) is 12.3 Å². The number of carbonyl (C=O) groups excluding carboxylic acids is 1. The summed E-state index contributed by atoms with van der Waals surface area (Å²) in [6, 6.07) is 0.260. The minimum Gasteiger partial charge on any atom is -0.481 e. The standard InChI is InChI=1S/C17H29NO3/c1-3-11-5-7-13(8-6-11)18-16(19)14-9-12(4-2)10-15(14)17(20)21/h11-15H,3-10H2,1-2H3,(H,18,19)(H,20,21)/t11?,12?,13?,14-,15+/m0/s1. The van der Waals surface area contributed by atoms with Crippen LogP contribution in [0.1, 0.15) is 65.2 Å². The first-order valence-electron chi connectivity index (χ1n) is 8.58. The average Bonchev–Trinajstić information content (AvgIpc) is 2.92. The Morgan fingerprint density at radius 2 is 1.52 bits per heavy atom. The third-order valence-electron chi connectivity index (χ3n) is 5.66. The van der Waals surface area contributed by atoms with Crippen molar-refractivity contribution in [3.63, 3.8) is 0 Å². The zero-order valence-corrected chi connectivity index (χ0v) is 13.3.